The van der Waals surface area contributed by atoms with Gasteiger partial charge in [-0.05, 0) is 17.2 Å². The Labute approximate surface area is 112 Å². The van der Waals surface area contributed by atoms with Crippen molar-refractivity contribution in [3.05, 3.63) is 65.7 Å². The molecule has 0 fully saturated rings. The van der Waals surface area contributed by atoms with Crippen LogP contribution in [0.25, 0.3) is 0 Å². The summed E-state index contributed by atoms with van der Waals surface area (Å²) in [5.74, 6) is 0.0564. The molecule has 0 radical (unpaired) electrons. The second-order valence-corrected chi connectivity index (χ2v) is 4.84. The van der Waals surface area contributed by atoms with Crippen molar-refractivity contribution in [1.82, 2.24) is 4.90 Å². The number of nitrogens with zero attached hydrogens (tertiary/aromatic N) is 1. The number of hydrogen-bond donors (Lipinski definition) is 1. The zero-order valence-corrected chi connectivity index (χ0v) is 10.7. The highest BCUT2D eigenvalue weighted by Gasteiger charge is 2.18. The highest BCUT2D eigenvalue weighted by Crippen LogP contribution is 2.21. The number of anilines is 1. The van der Waals surface area contributed by atoms with E-state index in [1.165, 1.54) is 11.1 Å². The molecule has 2 aromatic carbocycles. The molecule has 0 saturated heterocycles. The number of rotatable bonds is 2. The molecule has 0 aromatic heterocycles. The Morgan fingerprint density at radius 1 is 0.947 bits per heavy atom. The van der Waals surface area contributed by atoms with Crippen molar-refractivity contribution in [3.8, 4) is 0 Å². The van der Waals surface area contributed by atoms with Crippen molar-refractivity contribution < 1.29 is 4.79 Å². The van der Waals surface area contributed by atoms with Crippen LogP contribution >= 0.6 is 0 Å². The van der Waals surface area contributed by atoms with Gasteiger partial charge in [-0.3, -0.25) is 9.69 Å². The Bertz CT molecular complexity index is 580. The lowest BCUT2D eigenvalue weighted by molar-refractivity contribution is -0.117. The first-order valence-electron chi connectivity index (χ1n) is 6.45. The highest BCUT2D eigenvalue weighted by atomic mass is 16.2. The normalized spacial score (nSPS) is 15.5. The Balaban J connectivity index is 1.82. The van der Waals surface area contributed by atoms with E-state index in [0.29, 0.717) is 6.54 Å². The molecule has 1 N–H and O–H groups in total. The molecule has 1 amide bonds. The summed E-state index contributed by atoms with van der Waals surface area (Å²) in [6.45, 7) is 2.02. The van der Waals surface area contributed by atoms with Crippen molar-refractivity contribution in [2.45, 2.75) is 13.1 Å². The molecule has 3 nitrogen and oxygen atoms in total. The van der Waals surface area contributed by atoms with E-state index < -0.39 is 0 Å². The number of hydrogen-bond acceptors (Lipinski definition) is 2. The molecule has 0 unspecified atom stereocenters. The molecule has 3 rings (SSSR count). The van der Waals surface area contributed by atoms with Gasteiger partial charge in [-0.1, -0.05) is 48.5 Å². The predicted molar refractivity (Wildman–Crippen MR) is 75.6 cm³/mol. The summed E-state index contributed by atoms with van der Waals surface area (Å²) in [5.41, 5.74) is 3.34. The van der Waals surface area contributed by atoms with Crippen LogP contribution in [-0.2, 0) is 17.9 Å². The molecular weight excluding hydrogens is 236 g/mol. The number of para-hydroxylation sites is 1. The molecule has 96 valence electrons. The van der Waals surface area contributed by atoms with Gasteiger partial charge in [0, 0.05) is 18.8 Å². The summed E-state index contributed by atoms with van der Waals surface area (Å²) in [6.07, 6.45) is 0. The van der Waals surface area contributed by atoms with Crippen LogP contribution in [0.15, 0.2) is 54.6 Å². The van der Waals surface area contributed by atoms with Crippen molar-refractivity contribution in [2.75, 3.05) is 11.9 Å². The van der Waals surface area contributed by atoms with Crippen LogP contribution in [0.4, 0.5) is 5.69 Å². The minimum atomic E-state index is 0.0564. The minimum Gasteiger partial charge on any atom is -0.325 e. The fourth-order valence-electron chi connectivity index (χ4n) is 2.42. The lowest BCUT2D eigenvalue weighted by Crippen LogP contribution is -2.29. The number of amides is 1. The van der Waals surface area contributed by atoms with Gasteiger partial charge in [0.15, 0.2) is 0 Å². The molecule has 3 heteroatoms. The minimum absolute atomic E-state index is 0.0564. The first-order valence-corrected chi connectivity index (χ1v) is 6.45. The van der Waals surface area contributed by atoms with Gasteiger partial charge in [-0.25, -0.2) is 0 Å². The predicted octanol–water partition coefficient (Wildman–Crippen LogP) is 2.64. The van der Waals surface area contributed by atoms with Gasteiger partial charge < -0.3 is 5.32 Å². The molecule has 1 aliphatic rings. The maximum Gasteiger partial charge on any atom is 0.238 e. The summed E-state index contributed by atoms with van der Waals surface area (Å²) in [5, 5.41) is 2.96. The van der Waals surface area contributed by atoms with Crippen LogP contribution in [0, 0.1) is 0 Å². The van der Waals surface area contributed by atoms with Gasteiger partial charge in [-0.2, -0.15) is 0 Å². The van der Waals surface area contributed by atoms with E-state index in [2.05, 4.69) is 28.4 Å². The summed E-state index contributed by atoms with van der Waals surface area (Å²) in [4.78, 5) is 14.1. The van der Waals surface area contributed by atoms with Crippen LogP contribution in [0.3, 0.4) is 0 Å². The first kappa shape index (κ1) is 11.9. The molecule has 0 saturated carbocycles. The molecule has 2 aromatic rings. The average Bonchev–Trinajstić information content (AvgIpc) is 2.57. The Kier molecular flexibility index (Phi) is 3.29. The number of nitrogens with one attached hydrogen (secondary N) is 1. The van der Waals surface area contributed by atoms with Gasteiger partial charge in [-0.15, -0.1) is 0 Å². The fraction of sp³-hybridized carbons (Fsp3) is 0.188. The zero-order valence-electron chi connectivity index (χ0n) is 10.7. The van der Waals surface area contributed by atoms with Gasteiger partial charge >= 0.3 is 0 Å². The molecular formula is C16H16N2O. The third kappa shape index (κ3) is 2.83. The van der Waals surface area contributed by atoms with Crippen LogP contribution in [-0.4, -0.2) is 17.4 Å². The fourth-order valence-corrected chi connectivity index (χ4v) is 2.42. The van der Waals surface area contributed by atoms with E-state index >= 15 is 0 Å². The molecule has 0 spiro atoms. The van der Waals surface area contributed by atoms with Crippen LogP contribution in [0.1, 0.15) is 11.1 Å². The summed E-state index contributed by atoms with van der Waals surface area (Å²) in [6, 6.07) is 18.2. The van der Waals surface area contributed by atoms with Crippen molar-refractivity contribution in [3.63, 3.8) is 0 Å². The van der Waals surface area contributed by atoms with E-state index in [-0.39, 0.29) is 5.91 Å². The topological polar surface area (TPSA) is 32.3 Å². The summed E-state index contributed by atoms with van der Waals surface area (Å²) < 4.78 is 0. The van der Waals surface area contributed by atoms with Crippen molar-refractivity contribution >= 4 is 11.6 Å². The van der Waals surface area contributed by atoms with Gasteiger partial charge in [0.25, 0.3) is 0 Å². The van der Waals surface area contributed by atoms with Crippen molar-refractivity contribution in [1.29, 1.82) is 0 Å². The molecule has 0 aliphatic carbocycles. The SMILES string of the molecule is O=C1CN(Cc2ccccc2)Cc2ccccc2N1. The Morgan fingerprint density at radius 3 is 2.53 bits per heavy atom. The lowest BCUT2D eigenvalue weighted by Gasteiger charge is -2.19. The summed E-state index contributed by atoms with van der Waals surface area (Å²) >= 11 is 0. The van der Waals surface area contributed by atoms with Crippen LogP contribution < -0.4 is 5.32 Å². The second kappa shape index (κ2) is 5.24. The van der Waals surface area contributed by atoms with E-state index in [1.807, 2.05) is 36.4 Å². The number of carbonyl (C=O) groups is 1. The van der Waals surface area contributed by atoms with Gasteiger partial charge in [0.05, 0.1) is 6.54 Å². The molecule has 1 aliphatic heterocycles. The van der Waals surface area contributed by atoms with E-state index in [9.17, 15) is 4.79 Å². The monoisotopic (exact) mass is 252 g/mol. The number of carbonyl (C=O) groups excluding carboxylic acids is 1. The standard InChI is InChI=1S/C16H16N2O/c19-16-12-18(10-13-6-2-1-3-7-13)11-14-8-4-5-9-15(14)17-16/h1-9H,10-12H2,(H,17,19). The maximum absolute atomic E-state index is 11.9. The largest absolute Gasteiger partial charge is 0.325 e. The first-order chi connectivity index (χ1) is 9.31. The highest BCUT2D eigenvalue weighted by molar-refractivity contribution is 5.93. The smallest absolute Gasteiger partial charge is 0.238 e. The average molecular weight is 252 g/mol. The third-order valence-electron chi connectivity index (χ3n) is 3.30. The van der Waals surface area contributed by atoms with E-state index in [4.69, 9.17) is 0 Å². The van der Waals surface area contributed by atoms with Gasteiger partial charge in [0.2, 0.25) is 5.91 Å². The third-order valence-corrected chi connectivity index (χ3v) is 3.30. The maximum atomic E-state index is 11.9. The molecule has 19 heavy (non-hydrogen) atoms. The quantitative estimate of drug-likeness (QED) is 0.891. The lowest BCUT2D eigenvalue weighted by atomic mass is 10.1. The number of fused-ring (bicyclic) bond motifs is 1. The molecule has 0 bridgehead atoms. The van der Waals surface area contributed by atoms with E-state index in [1.54, 1.807) is 0 Å². The van der Waals surface area contributed by atoms with E-state index in [0.717, 1.165) is 18.8 Å². The van der Waals surface area contributed by atoms with Gasteiger partial charge in [0.1, 0.15) is 0 Å². The Morgan fingerprint density at radius 2 is 1.68 bits per heavy atom. The second-order valence-electron chi connectivity index (χ2n) is 4.84. The zero-order chi connectivity index (χ0) is 13.1. The van der Waals surface area contributed by atoms with Crippen LogP contribution in [0.2, 0.25) is 0 Å². The summed E-state index contributed by atoms with van der Waals surface area (Å²) in [7, 11) is 0. The van der Waals surface area contributed by atoms with Crippen LogP contribution in [0.5, 0.6) is 0 Å². The molecule has 0 atom stereocenters. The number of benzene rings is 2. The Hall–Kier alpha value is -2.13. The molecule has 1 heterocycles. The van der Waals surface area contributed by atoms with Crippen molar-refractivity contribution in [2.24, 2.45) is 0 Å².